The van der Waals surface area contributed by atoms with Gasteiger partial charge < -0.3 is 28.7 Å². The Bertz CT molecular complexity index is 1960. The molecule has 49 heavy (non-hydrogen) atoms. The fourth-order valence-electron chi connectivity index (χ4n) is 5.64. The number of nitrogens with one attached hydrogen (secondary N) is 1. The third-order valence-electron chi connectivity index (χ3n) is 8.17. The Kier molecular flexibility index (Phi) is 9.46. The highest BCUT2D eigenvalue weighted by Crippen LogP contribution is 2.37. The van der Waals surface area contributed by atoms with Crippen LogP contribution in [0.2, 0.25) is 0 Å². The first-order valence-corrected chi connectivity index (χ1v) is 14.5. The SMILES string of the molecule is COC(=O)[C@H](Cc1ccc(-c2c(C(F)(F)F)cc(C)n(C)c2=O)c2nccn12)NC(=O)c1c(F)cc(N2CCOC[C@@H]2C(F)(F)F)cc1F. The number of anilines is 1. The predicted molar refractivity (Wildman–Crippen MR) is 157 cm³/mol. The number of aryl methyl sites for hydroxylation is 1. The van der Waals surface area contributed by atoms with Gasteiger partial charge in [-0.15, -0.1) is 0 Å². The molecule has 4 heterocycles. The van der Waals surface area contributed by atoms with Crippen molar-refractivity contribution in [1.82, 2.24) is 19.3 Å². The molecule has 1 fully saturated rings. The maximum atomic E-state index is 15.2. The van der Waals surface area contributed by atoms with Crippen molar-refractivity contribution in [2.75, 3.05) is 31.8 Å². The molecule has 0 aliphatic carbocycles. The highest BCUT2D eigenvalue weighted by molar-refractivity contribution is 5.97. The molecule has 18 heteroatoms. The largest absolute Gasteiger partial charge is 0.467 e. The van der Waals surface area contributed by atoms with Gasteiger partial charge in [-0.25, -0.2) is 18.6 Å². The van der Waals surface area contributed by atoms with Gasteiger partial charge in [-0.05, 0) is 37.3 Å². The zero-order valence-corrected chi connectivity index (χ0v) is 25.9. The van der Waals surface area contributed by atoms with Crippen LogP contribution in [0.4, 0.5) is 40.8 Å². The van der Waals surface area contributed by atoms with Crippen molar-refractivity contribution in [3.63, 3.8) is 0 Å². The van der Waals surface area contributed by atoms with E-state index in [-0.39, 0.29) is 35.8 Å². The number of hydrogen-bond acceptors (Lipinski definition) is 7. The normalized spacial score (nSPS) is 16.1. The van der Waals surface area contributed by atoms with E-state index in [1.54, 1.807) is 0 Å². The summed E-state index contributed by atoms with van der Waals surface area (Å²) in [5, 5.41) is 2.16. The van der Waals surface area contributed by atoms with Crippen molar-refractivity contribution in [2.24, 2.45) is 7.05 Å². The number of amides is 1. The number of imidazole rings is 1. The highest BCUT2D eigenvalue weighted by atomic mass is 19.4. The Morgan fingerprint density at radius 2 is 1.78 bits per heavy atom. The van der Waals surface area contributed by atoms with E-state index in [4.69, 9.17) is 9.47 Å². The molecule has 0 bridgehead atoms. The highest BCUT2D eigenvalue weighted by Gasteiger charge is 2.46. The summed E-state index contributed by atoms with van der Waals surface area (Å²) in [5.41, 5.74) is -4.55. The van der Waals surface area contributed by atoms with Crippen LogP contribution in [0.1, 0.15) is 27.3 Å². The average Bonchev–Trinajstić information content (AvgIpc) is 3.53. The zero-order valence-electron chi connectivity index (χ0n) is 25.9. The molecule has 1 aromatic carbocycles. The number of nitrogens with zero attached hydrogens (tertiary/aromatic N) is 4. The monoisotopic (exact) mass is 701 g/mol. The van der Waals surface area contributed by atoms with Gasteiger partial charge in [0.25, 0.3) is 11.5 Å². The van der Waals surface area contributed by atoms with Crippen LogP contribution < -0.4 is 15.8 Å². The lowest BCUT2D eigenvalue weighted by atomic mass is 9.99. The predicted octanol–water partition coefficient (Wildman–Crippen LogP) is 4.59. The molecular weight excluding hydrogens is 674 g/mol. The standard InChI is InChI=1S/C31H27F8N5O5/c1-15-10-19(30(34,35)36)24(28(46)42(15)2)18-5-4-16(44-7-6-40-26(18)44)13-22(29(47)48-3)41-27(45)25-20(32)11-17(12-21(25)33)43-8-9-49-14-23(43)31(37,38)39/h4-7,10-12,22-23H,8-9,13-14H2,1-3H3,(H,41,45)/t22-,23+/m0/s1. The number of methoxy groups -OCH3 is 1. The number of alkyl halides is 6. The number of fused-ring (bicyclic) bond motifs is 1. The number of carbonyl (C=O) groups excluding carboxylic acids is 2. The Balaban J connectivity index is 1.48. The van der Waals surface area contributed by atoms with E-state index >= 15 is 8.78 Å². The van der Waals surface area contributed by atoms with Crippen LogP contribution in [0.25, 0.3) is 16.8 Å². The molecule has 4 aromatic rings. The third kappa shape index (κ3) is 6.81. The topological polar surface area (TPSA) is 107 Å². The van der Waals surface area contributed by atoms with Gasteiger partial charge in [-0.2, -0.15) is 26.3 Å². The Labute approximate surface area is 271 Å². The van der Waals surface area contributed by atoms with E-state index < -0.39 is 88.9 Å². The van der Waals surface area contributed by atoms with Gasteiger partial charge in [-0.3, -0.25) is 9.59 Å². The van der Waals surface area contributed by atoms with Gasteiger partial charge in [0.15, 0.2) is 0 Å². The first kappa shape index (κ1) is 35.3. The molecule has 1 N–H and O–H groups in total. The number of ether oxygens (including phenoxy) is 2. The first-order valence-electron chi connectivity index (χ1n) is 14.5. The Hall–Kier alpha value is -5.00. The van der Waals surface area contributed by atoms with Crippen LogP contribution in [-0.2, 0) is 33.9 Å². The van der Waals surface area contributed by atoms with Gasteiger partial charge >= 0.3 is 18.3 Å². The summed E-state index contributed by atoms with van der Waals surface area (Å²) in [6.45, 7) is 0.0904. The number of esters is 1. The van der Waals surface area contributed by atoms with Crippen LogP contribution in [0.15, 0.2) is 47.5 Å². The summed E-state index contributed by atoms with van der Waals surface area (Å²) in [6.07, 6.45) is -7.57. The quantitative estimate of drug-likeness (QED) is 0.222. The summed E-state index contributed by atoms with van der Waals surface area (Å²) in [7, 11) is 2.28. The number of benzene rings is 1. The molecule has 1 aliphatic rings. The fraction of sp³-hybridized carbons (Fsp3) is 0.355. The van der Waals surface area contributed by atoms with Crippen LogP contribution in [0, 0.1) is 18.6 Å². The molecule has 2 atom stereocenters. The van der Waals surface area contributed by atoms with Crippen molar-refractivity contribution in [3.05, 3.63) is 87.2 Å². The van der Waals surface area contributed by atoms with Crippen molar-refractivity contribution in [3.8, 4) is 11.1 Å². The van der Waals surface area contributed by atoms with Gasteiger partial charge in [0, 0.05) is 55.0 Å². The fourth-order valence-corrected chi connectivity index (χ4v) is 5.64. The lowest BCUT2D eigenvalue weighted by Gasteiger charge is -2.38. The third-order valence-corrected chi connectivity index (χ3v) is 8.17. The van der Waals surface area contributed by atoms with Crippen molar-refractivity contribution in [1.29, 1.82) is 0 Å². The maximum Gasteiger partial charge on any atom is 0.417 e. The molecule has 262 valence electrons. The lowest BCUT2D eigenvalue weighted by Crippen LogP contribution is -2.53. The number of aromatic nitrogens is 3. The molecular formula is C31H27F8N5O5. The van der Waals surface area contributed by atoms with Crippen LogP contribution in [0.5, 0.6) is 0 Å². The van der Waals surface area contributed by atoms with E-state index in [9.17, 15) is 40.7 Å². The van der Waals surface area contributed by atoms with Gasteiger partial charge in [0.05, 0.1) is 31.5 Å². The smallest absolute Gasteiger partial charge is 0.417 e. The first-order chi connectivity index (χ1) is 22.9. The molecule has 1 saturated heterocycles. The molecule has 0 spiro atoms. The van der Waals surface area contributed by atoms with Crippen molar-refractivity contribution < 1.29 is 54.2 Å². The molecule has 3 aromatic heterocycles. The average molecular weight is 702 g/mol. The number of morpholine rings is 1. The van der Waals surface area contributed by atoms with Gasteiger partial charge in [0.2, 0.25) is 0 Å². The van der Waals surface area contributed by atoms with E-state index in [0.29, 0.717) is 17.0 Å². The Morgan fingerprint density at radius 1 is 1.10 bits per heavy atom. The summed E-state index contributed by atoms with van der Waals surface area (Å²) >= 11 is 0. The summed E-state index contributed by atoms with van der Waals surface area (Å²) < 4.78 is 125. The molecule has 1 aliphatic heterocycles. The molecule has 0 radical (unpaired) electrons. The van der Waals surface area contributed by atoms with E-state index in [1.165, 1.54) is 42.9 Å². The second-order valence-corrected chi connectivity index (χ2v) is 11.2. The minimum Gasteiger partial charge on any atom is -0.467 e. The van der Waals surface area contributed by atoms with Crippen molar-refractivity contribution in [2.45, 2.75) is 37.8 Å². The van der Waals surface area contributed by atoms with Gasteiger partial charge in [-0.1, -0.05) is 0 Å². The number of hydrogen-bond donors (Lipinski definition) is 1. The van der Waals surface area contributed by atoms with Crippen LogP contribution >= 0.6 is 0 Å². The number of halogens is 8. The zero-order chi connectivity index (χ0) is 36.0. The molecule has 0 saturated carbocycles. The van der Waals surface area contributed by atoms with Crippen LogP contribution in [-0.4, -0.2) is 71.0 Å². The molecule has 10 nitrogen and oxygen atoms in total. The summed E-state index contributed by atoms with van der Waals surface area (Å²) in [4.78, 5) is 43.8. The van der Waals surface area contributed by atoms with E-state index in [0.717, 1.165) is 17.7 Å². The second kappa shape index (κ2) is 13.1. The van der Waals surface area contributed by atoms with Crippen LogP contribution in [0.3, 0.4) is 0 Å². The van der Waals surface area contributed by atoms with Gasteiger partial charge in [0.1, 0.15) is 34.9 Å². The molecule has 1 amide bonds. The number of rotatable bonds is 7. The second-order valence-electron chi connectivity index (χ2n) is 11.2. The molecule has 0 unspecified atom stereocenters. The number of pyridine rings is 2. The number of carbonyl (C=O) groups is 2. The minimum absolute atomic E-state index is 0.0582. The van der Waals surface area contributed by atoms with E-state index in [2.05, 4.69) is 10.3 Å². The Morgan fingerprint density at radius 3 is 2.39 bits per heavy atom. The van der Waals surface area contributed by atoms with Crippen molar-refractivity contribution >= 4 is 23.2 Å². The lowest BCUT2D eigenvalue weighted by molar-refractivity contribution is -0.167. The maximum absolute atomic E-state index is 15.2. The summed E-state index contributed by atoms with van der Waals surface area (Å²) in [5.74, 6) is -5.53. The molecule has 5 rings (SSSR count). The summed E-state index contributed by atoms with van der Waals surface area (Å²) in [6, 6.07) is 0.602. The van der Waals surface area contributed by atoms with E-state index in [1.807, 2.05) is 0 Å². The minimum atomic E-state index is -4.90.